The monoisotopic (exact) mass is 451 g/mol. The lowest BCUT2D eigenvalue weighted by Gasteiger charge is -2.42. The zero-order valence-electron chi connectivity index (χ0n) is 18.6. The molecule has 2 heterocycles. The summed E-state index contributed by atoms with van der Waals surface area (Å²) in [6.45, 7) is 9.92. The molecule has 2 aliphatic rings. The molecule has 1 aromatic carbocycles. The minimum atomic E-state index is -0.607. The van der Waals surface area contributed by atoms with Gasteiger partial charge in [0.05, 0.1) is 11.2 Å². The number of rotatable bonds is 3. The lowest BCUT2D eigenvalue weighted by molar-refractivity contribution is -0.145. The SMILES string of the molecule is COC(=O)C1CC2(CN1C(=O)OCc1ccccc1)SCC(C)(C)CC(C)(C)CS2. The Morgan fingerprint density at radius 3 is 2.23 bits per heavy atom. The van der Waals surface area contributed by atoms with Gasteiger partial charge in [-0.2, -0.15) is 0 Å². The summed E-state index contributed by atoms with van der Waals surface area (Å²) < 4.78 is 10.4. The van der Waals surface area contributed by atoms with Crippen molar-refractivity contribution in [1.82, 2.24) is 4.90 Å². The molecule has 7 heteroatoms. The van der Waals surface area contributed by atoms with Gasteiger partial charge in [0, 0.05) is 13.0 Å². The Hall–Kier alpha value is -1.34. The molecule has 1 aromatic rings. The normalized spacial score (nSPS) is 24.7. The van der Waals surface area contributed by atoms with Crippen molar-refractivity contribution < 1.29 is 19.1 Å². The molecule has 1 amide bonds. The van der Waals surface area contributed by atoms with Crippen LogP contribution in [0.25, 0.3) is 0 Å². The average Bonchev–Trinajstić information content (AvgIpc) is 3.09. The molecule has 2 aliphatic heterocycles. The predicted octanol–water partition coefficient (Wildman–Crippen LogP) is 5.19. The Morgan fingerprint density at radius 2 is 1.67 bits per heavy atom. The first-order valence-corrected chi connectivity index (χ1v) is 12.4. The fourth-order valence-corrected chi connectivity index (χ4v) is 7.69. The molecule has 0 N–H and O–H groups in total. The van der Waals surface area contributed by atoms with E-state index in [2.05, 4.69) is 27.7 Å². The van der Waals surface area contributed by atoms with Crippen molar-refractivity contribution in [2.45, 2.75) is 57.3 Å². The number of hydrogen-bond acceptors (Lipinski definition) is 6. The van der Waals surface area contributed by atoms with Gasteiger partial charge in [0.25, 0.3) is 0 Å². The van der Waals surface area contributed by atoms with E-state index in [1.165, 1.54) is 7.11 Å². The number of likely N-dealkylation sites (tertiary alicyclic amines) is 1. The van der Waals surface area contributed by atoms with Gasteiger partial charge in [0.1, 0.15) is 12.6 Å². The summed E-state index contributed by atoms with van der Waals surface area (Å²) in [6, 6.07) is 8.98. The van der Waals surface area contributed by atoms with Gasteiger partial charge in [-0.1, -0.05) is 58.0 Å². The summed E-state index contributed by atoms with van der Waals surface area (Å²) in [5, 5.41) is 0. The molecule has 3 rings (SSSR count). The van der Waals surface area contributed by atoms with Gasteiger partial charge in [-0.25, -0.2) is 9.59 Å². The molecule has 0 radical (unpaired) electrons. The van der Waals surface area contributed by atoms with E-state index in [9.17, 15) is 9.59 Å². The predicted molar refractivity (Wildman–Crippen MR) is 124 cm³/mol. The van der Waals surface area contributed by atoms with Crippen molar-refractivity contribution in [3.05, 3.63) is 35.9 Å². The number of esters is 1. The van der Waals surface area contributed by atoms with Crippen LogP contribution in [0.5, 0.6) is 0 Å². The molecule has 30 heavy (non-hydrogen) atoms. The maximum absolute atomic E-state index is 13.0. The largest absolute Gasteiger partial charge is 0.467 e. The molecule has 2 fully saturated rings. The van der Waals surface area contributed by atoms with Crippen molar-refractivity contribution in [1.29, 1.82) is 0 Å². The summed E-state index contributed by atoms with van der Waals surface area (Å²) in [4.78, 5) is 27.1. The molecule has 5 nitrogen and oxygen atoms in total. The van der Waals surface area contributed by atoms with Crippen molar-refractivity contribution >= 4 is 35.6 Å². The number of amides is 1. The third-order valence-electron chi connectivity index (χ3n) is 5.61. The van der Waals surface area contributed by atoms with E-state index in [4.69, 9.17) is 9.47 Å². The Balaban J connectivity index is 1.77. The summed E-state index contributed by atoms with van der Waals surface area (Å²) in [6.07, 6.45) is 1.29. The molecule has 0 saturated carbocycles. The smallest absolute Gasteiger partial charge is 0.410 e. The van der Waals surface area contributed by atoms with E-state index in [0.717, 1.165) is 23.5 Å². The standard InChI is InChI=1S/C23H33NO4S2/c1-21(2)13-22(3,4)16-30-23(29-15-21)11-18(19(25)27-5)24(14-23)20(26)28-12-17-9-7-6-8-10-17/h6-10,18H,11-16H2,1-5H3. The summed E-state index contributed by atoms with van der Waals surface area (Å²) in [7, 11) is 1.38. The van der Waals surface area contributed by atoms with Crippen LogP contribution < -0.4 is 0 Å². The topological polar surface area (TPSA) is 55.8 Å². The molecule has 0 aliphatic carbocycles. The zero-order chi connectivity index (χ0) is 22.0. The van der Waals surface area contributed by atoms with Gasteiger partial charge >= 0.3 is 12.1 Å². The fraction of sp³-hybridized carbons (Fsp3) is 0.652. The maximum atomic E-state index is 13.0. The van der Waals surface area contributed by atoms with Crippen LogP contribution >= 0.6 is 23.5 Å². The molecule has 2 saturated heterocycles. The highest BCUT2D eigenvalue weighted by Crippen LogP contribution is 2.54. The Morgan fingerprint density at radius 1 is 1.07 bits per heavy atom. The Kier molecular flexibility index (Phi) is 7.02. The number of carbonyl (C=O) groups excluding carboxylic acids is 2. The van der Waals surface area contributed by atoms with Crippen LogP contribution in [0.4, 0.5) is 4.79 Å². The molecule has 166 valence electrons. The first-order chi connectivity index (χ1) is 14.0. The summed E-state index contributed by atoms with van der Waals surface area (Å²) in [5.41, 5.74) is 1.32. The summed E-state index contributed by atoms with van der Waals surface area (Å²) >= 11 is 3.78. The van der Waals surface area contributed by atoms with Crippen LogP contribution in [0.1, 0.15) is 46.1 Å². The van der Waals surface area contributed by atoms with Crippen LogP contribution in [0.15, 0.2) is 30.3 Å². The number of thioether (sulfide) groups is 2. The van der Waals surface area contributed by atoms with Gasteiger partial charge in [-0.3, -0.25) is 4.90 Å². The zero-order valence-corrected chi connectivity index (χ0v) is 20.2. The van der Waals surface area contributed by atoms with E-state index in [-0.39, 0.29) is 27.5 Å². The van der Waals surface area contributed by atoms with E-state index in [1.54, 1.807) is 4.90 Å². The molecule has 1 unspecified atom stereocenters. The Labute approximate surface area is 188 Å². The second-order valence-corrected chi connectivity index (χ2v) is 12.9. The van der Waals surface area contributed by atoms with Crippen molar-refractivity contribution in [3.63, 3.8) is 0 Å². The highest BCUT2D eigenvalue weighted by Gasteiger charge is 2.52. The first-order valence-electron chi connectivity index (χ1n) is 10.4. The van der Waals surface area contributed by atoms with E-state index >= 15 is 0 Å². The van der Waals surface area contributed by atoms with E-state index in [0.29, 0.717) is 13.0 Å². The van der Waals surface area contributed by atoms with Crippen molar-refractivity contribution in [2.24, 2.45) is 10.8 Å². The molecular formula is C23H33NO4S2. The van der Waals surface area contributed by atoms with Gasteiger partial charge in [-0.05, 0) is 34.3 Å². The van der Waals surface area contributed by atoms with Crippen molar-refractivity contribution in [3.8, 4) is 0 Å². The van der Waals surface area contributed by atoms with Gasteiger partial charge < -0.3 is 9.47 Å². The van der Waals surface area contributed by atoms with E-state index < -0.39 is 12.1 Å². The highest BCUT2D eigenvalue weighted by atomic mass is 32.2. The fourth-order valence-electron chi connectivity index (χ4n) is 4.48. The first kappa shape index (κ1) is 23.3. The Bertz CT molecular complexity index is 748. The third-order valence-corrected chi connectivity index (χ3v) is 9.82. The number of methoxy groups -OCH3 is 1. The molecule has 0 bridgehead atoms. The maximum Gasteiger partial charge on any atom is 0.410 e. The van der Waals surface area contributed by atoms with Crippen LogP contribution in [0, 0.1) is 10.8 Å². The van der Waals surface area contributed by atoms with Crippen LogP contribution in [-0.4, -0.2) is 52.2 Å². The number of carbonyl (C=O) groups is 2. The van der Waals surface area contributed by atoms with Gasteiger partial charge in [0.15, 0.2) is 0 Å². The lowest BCUT2D eigenvalue weighted by Crippen LogP contribution is -2.42. The van der Waals surface area contributed by atoms with Gasteiger partial charge in [0.2, 0.25) is 0 Å². The molecule has 1 spiro atoms. The van der Waals surface area contributed by atoms with Crippen LogP contribution in [0.2, 0.25) is 0 Å². The molecule has 1 atom stereocenters. The van der Waals surface area contributed by atoms with E-state index in [1.807, 2.05) is 53.9 Å². The number of benzene rings is 1. The summed E-state index contributed by atoms with van der Waals surface area (Å²) in [5.74, 6) is 1.61. The highest BCUT2D eigenvalue weighted by molar-refractivity contribution is 8.18. The van der Waals surface area contributed by atoms with Gasteiger partial charge in [-0.15, -0.1) is 23.5 Å². The van der Waals surface area contributed by atoms with Crippen LogP contribution in [0.3, 0.4) is 0 Å². The minimum Gasteiger partial charge on any atom is -0.467 e. The molecule has 0 aromatic heterocycles. The van der Waals surface area contributed by atoms with Crippen molar-refractivity contribution in [2.75, 3.05) is 25.2 Å². The molecular weight excluding hydrogens is 418 g/mol. The second-order valence-electron chi connectivity index (χ2n) is 9.90. The second kappa shape index (κ2) is 9.03. The average molecular weight is 452 g/mol. The number of nitrogens with zero attached hydrogens (tertiary/aromatic N) is 1. The minimum absolute atomic E-state index is 0.192. The lowest BCUT2D eigenvalue weighted by atomic mass is 9.77. The number of ether oxygens (including phenoxy) is 2. The quantitative estimate of drug-likeness (QED) is 0.590. The van der Waals surface area contributed by atoms with Crippen LogP contribution in [-0.2, 0) is 20.9 Å². The third kappa shape index (κ3) is 5.67. The number of hydrogen-bond donors (Lipinski definition) is 0.